The van der Waals surface area contributed by atoms with Crippen LogP contribution in [0, 0.1) is 0 Å². The van der Waals surface area contributed by atoms with Gasteiger partial charge in [0.05, 0.1) is 0 Å². The van der Waals surface area contributed by atoms with Crippen LogP contribution in [0.5, 0.6) is 0 Å². The zero-order valence-corrected chi connectivity index (χ0v) is 34.5. The summed E-state index contributed by atoms with van der Waals surface area (Å²) < 4.78 is 59.8. The Hall–Kier alpha value is -0.579. The van der Waals surface area contributed by atoms with Gasteiger partial charge in [0.25, 0.3) is 0 Å². The fourth-order valence-electron chi connectivity index (χ4n) is 6.06. The minimum absolute atomic E-state index is 0.0565. The van der Waals surface area contributed by atoms with E-state index in [-0.39, 0.29) is 33.2 Å². The van der Waals surface area contributed by atoms with Crippen molar-refractivity contribution in [1.29, 1.82) is 0 Å². The topological polar surface area (TPSA) is 73.8 Å². The number of benzene rings is 2. The summed E-state index contributed by atoms with van der Waals surface area (Å²) in [6.45, 7) is 25.9. The molecule has 3 heterocycles. The molecule has 0 unspecified atom stereocenters. The van der Waals surface area contributed by atoms with Crippen molar-refractivity contribution in [1.82, 2.24) is 0 Å². The average Bonchev–Trinajstić information content (AvgIpc) is 2.96. The molecular weight excluding hydrogens is 657 g/mol. The van der Waals surface area contributed by atoms with Gasteiger partial charge in [0.2, 0.25) is 0 Å². The zero-order valence-electron chi connectivity index (χ0n) is 28.5. The van der Waals surface area contributed by atoms with E-state index < -0.39 is 52.3 Å². The van der Waals surface area contributed by atoms with Crippen molar-refractivity contribution >= 4 is 62.7 Å². The molecule has 0 atom stereocenters. The van der Waals surface area contributed by atoms with E-state index in [9.17, 15) is 0 Å². The molecule has 0 saturated carbocycles. The summed E-state index contributed by atoms with van der Waals surface area (Å²) in [5.74, 6) is 0. The molecule has 2 aromatic carbocycles. The van der Waals surface area contributed by atoms with E-state index in [0.717, 1.165) is 10.4 Å². The summed E-state index contributed by atoms with van der Waals surface area (Å²) in [6.07, 6.45) is 0. The molecule has 0 spiro atoms. The third kappa shape index (κ3) is 5.45. The van der Waals surface area contributed by atoms with Gasteiger partial charge in [0.1, 0.15) is 0 Å². The van der Waals surface area contributed by atoms with Crippen LogP contribution >= 0.6 is 0 Å². The lowest BCUT2D eigenvalue weighted by molar-refractivity contribution is 0.0134. The highest BCUT2D eigenvalue weighted by atomic mass is 28.6. The second-order valence-electron chi connectivity index (χ2n) is 14.2. The van der Waals surface area contributed by atoms with Gasteiger partial charge in [0, 0.05) is 33.2 Å². The smallest absolute Gasteiger partial charge is 0.391 e. The van der Waals surface area contributed by atoms with Crippen LogP contribution in [0.3, 0.4) is 0 Å². The van der Waals surface area contributed by atoms with Crippen LogP contribution in [0.15, 0.2) is 60.7 Å². The molecule has 0 aliphatic carbocycles. The Kier molecular flexibility index (Phi) is 9.59. The van der Waals surface area contributed by atoms with Crippen molar-refractivity contribution < 1.29 is 32.9 Å². The van der Waals surface area contributed by atoms with E-state index in [1.807, 2.05) is 12.1 Å². The summed E-state index contributed by atoms with van der Waals surface area (Å²) in [6, 6.07) is 20.8. The summed E-state index contributed by atoms with van der Waals surface area (Å²) in [4.78, 5) is 0. The lowest BCUT2D eigenvalue weighted by Gasteiger charge is -2.63. The molecule has 2 aromatic rings. The van der Waals surface area contributed by atoms with E-state index >= 15 is 0 Å². The van der Waals surface area contributed by atoms with Crippen LogP contribution < -0.4 is 10.4 Å². The monoisotopic (exact) mass is 708 g/mol. The number of rotatable bonds is 8. The van der Waals surface area contributed by atoms with Crippen LogP contribution in [0.1, 0.15) is 83.1 Å². The largest absolute Gasteiger partial charge is 0.480 e. The Balaban J connectivity index is 1.85. The fraction of sp³-hybridized carbons (Fsp3) is 0.600. The second kappa shape index (κ2) is 12.1. The molecule has 244 valence electrons. The molecule has 14 heteroatoms. The van der Waals surface area contributed by atoms with Gasteiger partial charge in [-0.15, -0.1) is 0 Å². The van der Waals surface area contributed by atoms with E-state index in [0.29, 0.717) is 0 Å². The van der Waals surface area contributed by atoms with Gasteiger partial charge in [0.15, 0.2) is 0 Å². The molecule has 5 rings (SSSR count). The molecule has 0 aromatic heterocycles. The van der Waals surface area contributed by atoms with Gasteiger partial charge in [-0.1, -0.05) is 144 Å². The lowest BCUT2D eigenvalue weighted by Crippen LogP contribution is -2.88. The molecule has 0 amide bonds. The van der Waals surface area contributed by atoms with Gasteiger partial charge < -0.3 is 32.9 Å². The first-order chi connectivity index (χ1) is 20.5. The van der Waals surface area contributed by atoms with Gasteiger partial charge in [-0.3, -0.25) is 0 Å². The van der Waals surface area contributed by atoms with Crippen LogP contribution in [0.4, 0.5) is 0 Å². The fourth-order valence-corrected chi connectivity index (χ4v) is 46.4. The molecule has 3 aliphatic heterocycles. The highest BCUT2D eigenvalue weighted by Gasteiger charge is 2.80. The third-order valence-corrected chi connectivity index (χ3v) is 38.5. The van der Waals surface area contributed by atoms with Gasteiger partial charge in [-0.05, 0) is 10.4 Å². The van der Waals surface area contributed by atoms with E-state index in [1.54, 1.807) is 0 Å². The van der Waals surface area contributed by atoms with Crippen LogP contribution in [0.2, 0.25) is 33.2 Å². The number of fused-ring (bicyclic) bond motifs is 4. The minimum Gasteiger partial charge on any atom is -0.391 e. The summed E-state index contributed by atoms with van der Waals surface area (Å²) in [7, 11) is -20.9. The standard InChI is InChI=1S/C30H52O8Si6/c1-23(2)39(29-19-15-13-16-20-29)31-41(25(5)6)35-42(32-39,26(7)8)38-44(28(11)12)34-40(24(3)4,30-21-17-14-18-22-30)33-43(36-44,37-41)27(9)10/h13-28H,1-12H3. The van der Waals surface area contributed by atoms with Crippen molar-refractivity contribution in [3.05, 3.63) is 60.7 Å². The molecule has 3 fully saturated rings. The quantitative estimate of drug-likeness (QED) is 0.270. The van der Waals surface area contributed by atoms with Crippen molar-refractivity contribution in [2.45, 2.75) is 116 Å². The number of hydrogen-bond donors (Lipinski definition) is 0. The van der Waals surface area contributed by atoms with E-state index in [2.05, 4.69) is 132 Å². The maximum atomic E-state index is 7.62. The summed E-state index contributed by atoms with van der Waals surface area (Å²) in [5, 5.41) is 2.12. The molecule has 4 bridgehead atoms. The molecule has 44 heavy (non-hydrogen) atoms. The summed E-state index contributed by atoms with van der Waals surface area (Å²) >= 11 is 0. The maximum Gasteiger partial charge on any atom is 0.480 e. The summed E-state index contributed by atoms with van der Waals surface area (Å²) in [5.41, 5.74) is -0.245. The predicted octanol–water partition coefficient (Wildman–Crippen LogP) is 7.07. The van der Waals surface area contributed by atoms with Crippen molar-refractivity contribution in [3.63, 3.8) is 0 Å². The van der Waals surface area contributed by atoms with Gasteiger partial charge in [-0.25, -0.2) is 0 Å². The van der Waals surface area contributed by atoms with E-state index in [4.69, 9.17) is 32.9 Å². The Morgan fingerprint density at radius 2 is 0.545 bits per heavy atom. The Bertz CT molecular complexity index is 1160. The molecule has 3 aliphatic rings. The minimum atomic E-state index is -3.62. The van der Waals surface area contributed by atoms with Crippen molar-refractivity contribution in [2.24, 2.45) is 0 Å². The molecule has 3 saturated heterocycles. The van der Waals surface area contributed by atoms with Gasteiger partial charge >= 0.3 is 52.3 Å². The molecular formula is C30H52O8Si6. The zero-order chi connectivity index (χ0) is 32.3. The Labute approximate surface area is 271 Å². The predicted molar refractivity (Wildman–Crippen MR) is 186 cm³/mol. The van der Waals surface area contributed by atoms with E-state index in [1.165, 1.54) is 0 Å². The maximum absolute atomic E-state index is 7.62. The highest BCUT2D eigenvalue weighted by molar-refractivity contribution is 7.05. The first kappa shape index (κ1) is 34.7. The lowest BCUT2D eigenvalue weighted by atomic mass is 10.4. The van der Waals surface area contributed by atoms with Crippen LogP contribution in [-0.2, 0) is 32.9 Å². The first-order valence-corrected chi connectivity index (χ1v) is 27.2. The Morgan fingerprint density at radius 3 is 0.727 bits per heavy atom. The normalized spacial score (nSPS) is 37.7. The van der Waals surface area contributed by atoms with Crippen molar-refractivity contribution in [3.8, 4) is 0 Å². The first-order valence-electron chi connectivity index (χ1n) is 16.2. The van der Waals surface area contributed by atoms with Gasteiger partial charge in [-0.2, -0.15) is 0 Å². The Morgan fingerprint density at radius 1 is 0.318 bits per heavy atom. The van der Waals surface area contributed by atoms with Crippen molar-refractivity contribution in [2.75, 3.05) is 0 Å². The third-order valence-electron chi connectivity index (χ3n) is 9.01. The average molecular weight is 709 g/mol. The molecule has 8 nitrogen and oxygen atoms in total. The number of hydrogen-bond acceptors (Lipinski definition) is 8. The second-order valence-corrected chi connectivity index (χ2v) is 36.3. The highest BCUT2D eigenvalue weighted by Crippen LogP contribution is 2.55. The van der Waals surface area contributed by atoms with Crippen LogP contribution in [0.25, 0.3) is 0 Å². The van der Waals surface area contributed by atoms with Crippen LogP contribution in [-0.4, -0.2) is 52.3 Å². The molecule has 0 N–H and O–H groups in total. The SMILES string of the molecule is CC(C)[Si]12O[Si](C(C)C)(O[Si]3(C(C)C)O[Si](C(C)C)(O1)O[Si](c1ccccc1)(C(C)C)O3)O[Si](c1ccccc1)(C(C)C)O2. The molecule has 0 radical (unpaired) electrons.